The molecule has 1 aromatic heterocycles. The van der Waals surface area contributed by atoms with E-state index in [1.165, 1.54) is 5.56 Å². The summed E-state index contributed by atoms with van der Waals surface area (Å²) in [7, 11) is 0. The Balaban J connectivity index is 1.64. The summed E-state index contributed by atoms with van der Waals surface area (Å²) < 4.78 is 0. The van der Waals surface area contributed by atoms with E-state index in [0.29, 0.717) is 17.4 Å². The van der Waals surface area contributed by atoms with Gasteiger partial charge in [-0.15, -0.1) is 0 Å². The molecule has 5 heteroatoms. The Morgan fingerprint density at radius 3 is 2.74 bits per heavy atom. The first-order valence-electron chi connectivity index (χ1n) is 9.70. The van der Waals surface area contributed by atoms with Gasteiger partial charge in [-0.1, -0.05) is 44.2 Å². The van der Waals surface area contributed by atoms with Gasteiger partial charge in [0, 0.05) is 6.54 Å². The first-order chi connectivity index (χ1) is 13.0. The smallest absolute Gasteiger partial charge is 0.222 e. The Kier molecular flexibility index (Phi) is 6.08. The van der Waals surface area contributed by atoms with E-state index < -0.39 is 0 Å². The van der Waals surface area contributed by atoms with Gasteiger partial charge in [-0.2, -0.15) is 5.26 Å². The van der Waals surface area contributed by atoms with E-state index in [0.717, 1.165) is 44.3 Å². The number of benzene rings is 1. The molecule has 0 amide bonds. The van der Waals surface area contributed by atoms with Gasteiger partial charge in [-0.25, -0.2) is 9.97 Å². The second-order valence-electron chi connectivity index (χ2n) is 8.18. The Labute approximate surface area is 161 Å². The molecule has 27 heavy (non-hydrogen) atoms. The average Bonchev–Trinajstić information content (AvgIpc) is 2.66. The van der Waals surface area contributed by atoms with Crippen LogP contribution in [0, 0.1) is 22.7 Å². The second kappa shape index (κ2) is 8.49. The van der Waals surface area contributed by atoms with Crippen LogP contribution in [0.4, 0.5) is 5.95 Å². The topological polar surface area (TPSA) is 81.8 Å². The molecule has 2 aromatic rings. The van der Waals surface area contributed by atoms with Crippen LogP contribution < -0.4 is 5.32 Å². The fourth-order valence-corrected chi connectivity index (χ4v) is 3.93. The molecule has 1 aromatic carbocycles. The summed E-state index contributed by atoms with van der Waals surface area (Å²) >= 11 is 0. The predicted molar refractivity (Wildman–Crippen MR) is 106 cm³/mol. The fourth-order valence-electron chi connectivity index (χ4n) is 3.93. The molecule has 0 radical (unpaired) electrons. The summed E-state index contributed by atoms with van der Waals surface area (Å²) in [5.41, 5.74) is 2.54. The van der Waals surface area contributed by atoms with Gasteiger partial charge < -0.3 is 10.4 Å². The van der Waals surface area contributed by atoms with E-state index in [1.807, 2.05) is 18.2 Å². The summed E-state index contributed by atoms with van der Waals surface area (Å²) in [5, 5.41) is 22.9. The largest absolute Gasteiger partial charge is 0.393 e. The number of nitriles is 1. The highest BCUT2D eigenvalue weighted by molar-refractivity contribution is 5.37. The molecule has 0 bridgehead atoms. The van der Waals surface area contributed by atoms with Crippen molar-refractivity contribution in [3.8, 4) is 6.07 Å². The summed E-state index contributed by atoms with van der Waals surface area (Å²) in [4.78, 5) is 8.92. The maximum absolute atomic E-state index is 10.2. The van der Waals surface area contributed by atoms with Crippen LogP contribution in [0.15, 0.2) is 36.5 Å². The van der Waals surface area contributed by atoms with E-state index in [-0.39, 0.29) is 11.5 Å². The Bertz CT molecular complexity index is 798. The molecule has 1 heterocycles. The van der Waals surface area contributed by atoms with Crippen molar-refractivity contribution in [2.24, 2.45) is 11.3 Å². The molecule has 1 fully saturated rings. The van der Waals surface area contributed by atoms with Gasteiger partial charge in [0.05, 0.1) is 23.6 Å². The lowest BCUT2D eigenvalue weighted by molar-refractivity contribution is -0.00748. The minimum atomic E-state index is -0.246. The van der Waals surface area contributed by atoms with Crippen molar-refractivity contribution in [1.29, 1.82) is 5.26 Å². The quantitative estimate of drug-likeness (QED) is 0.816. The minimum absolute atomic E-state index is 0.0838. The van der Waals surface area contributed by atoms with Crippen LogP contribution in [0.1, 0.15) is 49.9 Å². The molecule has 2 N–H and O–H groups in total. The van der Waals surface area contributed by atoms with Crippen LogP contribution in [-0.4, -0.2) is 27.7 Å². The van der Waals surface area contributed by atoms with Crippen LogP contribution in [0.2, 0.25) is 0 Å². The zero-order valence-corrected chi connectivity index (χ0v) is 16.2. The van der Waals surface area contributed by atoms with E-state index in [9.17, 15) is 10.4 Å². The first kappa shape index (κ1) is 19.3. The lowest BCUT2D eigenvalue weighted by Crippen LogP contribution is -2.37. The Hall–Kier alpha value is -2.45. The van der Waals surface area contributed by atoms with Gasteiger partial charge in [0.1, 0.15) is 6.07 Å². The third-order valence-corrected chi connectivity index (χ3v) is 5.57. The fraction of sp³-hybridized carbons (Fsp3) is 0.500. The zero-order chi connectivity index (χ0) is 19.3. The zero-order valence-electron chi connectivity index (χ0n) is 16.2. The molecule has 142 valence electrons. The van der Waals surface area contributed by atoms with Gasteiger partial charge in [-0.05, 0) is 49.0 Å². The summed E-state index contributed by atoms with van der Waals surface area (Å²) in [6, 6.07) is 12.5. The van der Waals surface area contributed by atoms with Crippen molar-refractivity contribution in [3.05, 3.63) is 53.3 Å². The molecule has 5 nitrogen and oxygen atoms in total. The van der Waals surface area contributed by atoms with Gasteiger partial charge in [0.25, 0.3) is 0 Å². The highest BCUT2D eigenvalue weighted by Gasteiger charge is 2.35. The Morgan fingerprint density at radius 1 is 1.26 bits per heavy atom. The molecule has 0 spiro atoms. The van der Waals surface area contributed by atoms with Crippen LogP contribution in [-0.2, 0) is 12.8 Å². The van der Waals surface area contributed by atoms with Crippen LogP contribution in [0.25, 0.3) is 0 Å². The van der Waals surface area contributed by atoms with Gasteiger partial charge in [0.2, 0.25) is 5.95 Å². The summed E-state index contributed by atoms with van der Waals surface area (Å²) in [5.74, 6) is 1.01. The average molecular weight is 364 g/mol. The van der Waals surface area contributed by atoms with Crippen molar-refractivity contribution in [2.45, 2.75) is 52.1 Å². The van der Waals surface area contributed by atoms with Crippen molar-refractivity contribution < 1.29 is 5.11 Å². The van der Waals surface area contributed by atoms with E-state index in [2.05, 4.69) is 47.3 Å². The van der Waals surface area contributed by atoms with Crippen LogP contribution >= 0.6 is 0 Å². The first-order valence-corrected chi connectivity index (χ1v) is 9.70. The number of rotatable bonds is 6. The number of anilines is 1. The SMILES string of the molecule is CC1(C)C[C@H](Cc2nc(NCCc3ccccc3)ncc2C#N)CC[C@@H]1O. The van der Waals surface area contributed by atoms with Crippen molar-refractivity contribution in [3.63, 3.8) is 0 Å². The highest BCUT2D eigenvalue weighted by Crippen LogP contribution is 2.40. The van der Waals surface area contributed by atoms with Crippen molar-refractivity contribution in [1.82, 2.24) is 9.97 Å². The Morgan fingerprint density at radius 2 is 2.04 bits per heavy atom. The number of aliphatic hydroxyl groups excluding tert-OH is 1. The maximum Gasteiger partial charge on any atom is 0.222 e. The number of hydrogen-bond donors (Lipinski definition) is 2. The predicted octanol–water partition coefficient (Wildman–Crippen LogP) is 3.73. The molecule has 0 unspecified atom stereocenters. The third-order valence-electron chi connectivity index (χ3n) is 5.57. The number of aromatic nitrogens is 2. The third kappa shape index (κ3) is 5.05. The van der Waals surface area contributed by atoms with E-state index >= 15 is 0 Å². The molecule has 1 aliphatic rings. The number of nitrogens with one attached hydrogen (secondary N) is 1. The lowest BCUT2D eigenvalue weighted by atomic mass is 9.69. The minimum Gasteiger partial charge on any atom is -0.393 e. The second-order valence-corrected chi connectivity index (χ2v) is 8.18. The lowest BCUT2D eigenvalue weighted by Gasteiger charge is -2.39. The van der Waals surface area contributed by atoms with Crippen LogP contribution in [0.5, 0.6) is 0 Å². The molecular weight excluding hydrogens is 336 g/mol. The molecule has 1 saturated carbocycles. The van der Waals surface area contributed by atoms with Crippen molar-refractivity contribution >= 4 is 5.95 Å². The number of hydrogen-bond acceptors (Lipinski definition) is 5. The summed E-state index contributed by atoms with van der Waals surface area (Å²) in [6.07, 6.45) is 5.76. The normalized spacial score (nSPS) is 21.4. The van der Waals surface area contributed by atoms with E-state index in [4.69, 9.17) is 0 Å². The van der Waals surface area contributed by atoms with Gasteiger partial charge in [-0.3, -0.25) is 0 Å². The molecule has 0 saturated heterocycles. The number of nitrogens with zero attached hydrogens (tertiary/aromatic N) is 3. The number of aliphatic hydroxyl groups is 1. The maximum atomic E-state index is 10.2. The standard InChI is InChI=1S/C22H28N4O/c1-22(2)13-17(8-9-20(22)27)12-19-18(14-23)15-25-21(26-19)24-11-10-16-6-4-3-5-7-16/h3-7,15,17,20,27H,8-13H2,1-2H3,(H,24,25,26)/t17-,20-/m0/s1. The molecule has 0 aliphatic heterocycles. The molecular formula is C22H28N4O. The van der Waals surface area contributed by atoms with Gasteiger partial charge >= 0.3 is 0 Å². The molecule has 3 rings (SSSR count). The van der Waals surface area contributed by atoms with Crippen molar-refractivity contribution in [2.75, 3.05) is 11.9 Å². The van der Waals surface area contributed by atoms with Gasteiger partial charge in [0.15, 0.2) is 0 Å². The highest BCUT2D eigenvalue weighted by atomic mass is 16.3. The monoisotopic (exact) mass is 364 g/mol. The van der Waals surface area contributed by atoms with Crippen LogP contribution in [0.3, 0.4) is 0 Å². The summed E-state index contributed by atoms with van der Waals surface area (Å²) in [6.45, 7) is 4.98. The molecule has 2 atom stereocenters. The molecule has 1 aliphatic carbocycles. The van der Waals surface area contributed by atoms with E-state index in [1.54, 1.807) is 6.20 Å².